The molecule has 0 aromatic heterocycles. The first kappa shape index (κ1) is 26.9. The lowest BCUT2D eigenvalue weighted by atomic mass is 9.88. The van der Waals surface area contributed by atoms with Crippen LogP contribution < -0.4 is 10.1 Å². The van der Waals surface area contributed by atoms with Gasteiger partial charge in [0.05, 0.1) is 0 Å². The number of nitrogens with zero attached hydrogens (tertiary/aromatic N) is 1. The number of carbonyl (C=O) groups excluding carboxylic acids is 1. The van der Waals surface area contributed by atoms with Gasteiger partial charge in [0, 0.05) is 24.6 Å². The first-order valence-electron chi connectivity index (χ1n) is 13.9. The Kier molecular flexibility index (Phi) is 9.40. The largest absolute Gasteiger partial charge is 0.486 e. The van der Waals surface area contributed by atoms with E-state index in [1.165, 1.54) is 16.7 Å². The van der Waals surface area contributed by atoms with E-state index in [2.05, 4.69) is 96.9 Å². The molecule has 3 aromatic rings. The van der Waals surface area contributed by atoms with Crippen molar-refractivity contribution in [3.05, 3.63) is 95.1 Å². The van der Waals surface area contributed by atoms with Crippen molar-refractivity contribution in [1.82, 2.24) is 4.90 Å². The number of ether oxygens (including phenoxy) is 1. The Balaban J connectivity index is 1.35. The van der Waals surface area contributed by atoms with E-state index in [-0.39, 0.29) is 17.9 Å². The van der Waals surface area contributed by atoms with Gasteiger partial charge < -0.3 is 15.0 Å². The number of anilines is 1. The minimum absolute atomic E-state index is 0.0226. The highest BCUT2D eigenvalue weighted by Crippen LogP contribution is 2.32. The molecule has 196 valence electrons. The summed E-state index contributed by atoms with van der Waals surface area (Å²) < 4.78 is 6.54. The number of nitrogens with one attached hydrogen (secondary N) is 1. The molecule has 1 atom stereocenters. The molecule has 4 rings (SSSR count). The van der Waals surface area contributed by atoms with Crippen molar-refractivity contribution < 1.29 is 9.53 Å². The molecule has 1 amide bonds. The monoisotopic (exact) mass is 498 g/mol. The standard InChI is InChI=1S/C33H42N2O2/c1-5-26-10-9-13-30(22-26)37-32(28-11-7-6-8-12-28)18-21-35-19-16-27(17-20-35)29-15-14-25(4)31(23-29)34-33(36)24(2)3/h6-15,22-24,27,32H,5,16-21H2,1-4H3,(H,34,36)/t32-/m0/s1. The van der Waals surface area contributed by atoms with Crippen molar-refractivity contribution in [2.75, 3.05) is 25.0 Å². The Labute approximate surface area is 223 Å². The Hall–Kier alpha value is -3.11. The number of piperidine rings is 1. The highest BCUT2D eigenvalue weighted by Gasteiger charge is 2.23. The van der Waals surface area contributed by atoms with Crippen LogP contribution in [0, 0.1) is 12.8 Å². The molecule has 1 N–H and O–H groups in total. The fourth-order valence-electron chi connectivity index (χ4n) is 5.06. The Morgan fingerprint density at radius 3 is 2.46 bits per heavy atom. The predicted octanol–water partition coefficient (Wildman–Crippen LogP) is 7.54. The molecule has 0 aliphatic carbocycles. The van der Waals surface area contributed by atoms with Gasteiger partial charge in [-0.2, -0.15) is 0 Å². The molecule has 1 fully saturated rings. The van der Waals surface area contributed by atoms with Crippen LogP contribution in [0.15, 0.2) is 72.8 Å². The van der Waals surface area contributed by atoms with Crippen LogP contribution in [0.4, 0.5) is 5.69 Å². The number of hydrogen-bond acceptors (Lipinski definition) is 3. The second-order valence-electron chi connectivity index (χ2n) is 10.6. The number of hydrogen-bond donors (Lipinski definition) is 1. The van der Waals surface area contributed by atoms with Gasteiger partial charge in [-0.05, 0) is 85.6 Å². The third-order valence-corrected chi connectivity index (χ3v) is 7.57. The number of aryl methyl sites for hydroxylation is 2. The minimum Gasteiger partial charge on any atom is -0.486 e. The third-order valence-electron chi connectivity index (χ3n) is 7.57. The van der Waals surface area contributed by atoms with E-state index in [0.717, 1.165) is 62.3 Å². The van der Waals surface area contributed by atoms with Crippen LogP contribution in [0.3, 0.4) is 0 Å². The lowest BCUT2D eigenvalue weighted by molar-refractivity contribution is -0.118. The molecular weight excluding hydrogens is 456 g/mol. The van der Waals surface area contributed by atoms with E-state index < -0.39 is 0 Å². The summed E-state index contributed by atoms with van der Waals surface area (Å²) in [6.45, 7) is 11.3. The maximum atomic E-state index is 12.2. The number of rotatable bonds is 10. The van der Waals surface area contributed by atoms with Gasteiger partial charge in [0.25, 0.3) is 0 Å². The predicted molar refractivity (Wildman–Crippen MR) is 153 cm³/mol. The molecule has 1 saturated heterocycles. The molecule has 1 aliphatic rings. The van der Waals surface area contributed by atoms with E-state index in [1.807, 2.05) is 13.8 Å². The fraction of sp³-hybridized carbons (Fsp3) is 0.424. The molecule has 0 radical (unpaired) electrons. The van der Waals surface area contributed by atoms with Crippen molar-refractivity contribution >= 4 is 11.6 Å². The SMILES string of the molecule is CCc1cccc(O[C@@H](CCN2CCC(c3ccc(C)c(NC(=O)C(C)C)c3)CC2)c2ccccc2)c1. The Morgan fingerprint density at radius 2 is 1.76 bits per heavy atom. The average molecular weight is 499 g/mol. The molecule has 1 heterocycles. The smallest absolute Gasteiger partial charge is 0.226 e. The maximum Gasteiger partial charge on any atom is 0.226 e. The van der Waals surface area contributed by atoms with Gasteiger partial charge in [-0.3, -0.25) is 4.79 Å². The van der Waals surface area contributed by atoms with Gasteiger partial charge in [-0.15, -0.1) is 0 Å². The van der Waals surface area contributed by atoms with E-state index in [0.29, 0.717) is 5.92 Å². The second kappa shape index (κ2) is 12.9. The first-order valence-corrected chi connectivity index (χ1v) is 13.9. The fourth-order valence-corrected chi connectivity index (χ4v) is 5.06. The molecule has 0 spiro atoms. The van der Waals surface area contributed by atoms with Crippen LogP contribution in [0.5, 0.6) is 5.75 Å². The van der Waals surface area contributed by atoms with Gasteiger partial charge in [-0.1, -0.05) is 75.4 Å². The Bertz CT molecular complexity index is 1150. The number of benzene rings is 3. The summed E-state index contributed by atoms with van der Waals surface area (Å²) in [6.07, 6.45) is 4.28. The van der Waals surface area contributed by atoms with Crippen molar-refractivity contribution in [3.63, 3.8) is 0 Å². The zero-order valence-electron chi connectivity index (χ0n) is 22.9. The summed E-state index contributed by atoms with van der Waals surface area (Å²) in [4.78, 5) is 14.8. The van der Waals surface area contributed by atoms with E-state index >= 15 is 0 Å². The molecule has 0 bridgehead atoms. The van der Waals surface area contributed by atoms with Crippen LogP contribution >= 0.6 is 0 Å². The lowest BCUT2D eigenvalue weighted by Gasteiger charge is -2.33. The van der Waals surface area contributed by atoms with Crippen LogP contribution in [0.2, 0.25) is 0 Å². The van der Waals surface area contributed by atoms with Crippen LogP contribution in [-0.2, 0) is 11.2 Å². The van der Waals surface area contributed by atoms with Gasteiger partial charge in [0.2, 0.25) is 5.91 Å². The van der Waals surface area contributed by atoms with Crippen LogP contribution in [0.25, 0.3) is 0 Å². The molecule has 0 unspecified atom stereocenters. The van der Waals surface area contributed by atoms with E-state index in [9.17, 15) is 4.79 Å². The van der Waals surface area contributed by atoms with Crippen LogP contribution in [-0.4, -0.2) is 30.4 Å². The van der Waals surface area contributed by atoms with E-state index in [1.54, 1.807) is 0 Å². The number of amides is 1. The highest BCUT2D eigenvalue weighted by molar-refractivity contribution is 5.92. The molecule has 37 heavy (non-hydrogen) atoms. The highest BCUT2D eigenvalue weighted by atomic mass is 16.5. The summed E-state index contributed by atoms with van der Waals surface area (Å²) in [5.41, 5.74) is 5.94. The summed E-state index contributed by atoms with van der Waals surface area (Å²) in [5, 5.41) is 3.11. The molecular formula is C33H42N2O2. The summed E-state index contributed by atoms with van der Waals surface area (Å²) in [5.74, 6) is 1.54. The zero-order chi connectivity index (χ0) is 26.2. The quantitative estimate of drug-likeness (QED) is 0.314. The van der Waals surface area contributed by atoms with Gasteiger partial charge in [0.15, 0.2) is 0 Å². The van der Waals surface area contributed by atoms with Crippen molar-refractivity contribution in [2.45, 2.75) is 65.4 Å². The lowest BCUT2D eigenvalue weighted by Crippen LogP contribution is -2.34. The van der Waals surface area contributed by atoms with Gasteiger partial charge >= 0.3 is 0 Å². The summed E-state index contributed by atoms with van der Waals surface area (Å²) in [6, 6.07) is 25.7. The average Bonchev–Trinajstić information content (AvgIpc) is 2.93. The third kappa shape index (κ3) is 7.45. The zero-order valence-corrected chi connectivity index (χ0v) is 22.9. The summed E-state index contributed by atoms with van der Waals surface area (Å²) >= 11 is 0. The topological polar surface area (TPSA) is 41.6 Å². The maximum absolute atomic E-state index is 12.2. The normalized spacial score (nSPS) is 15.5. The summed E-state index contributed by atoms with van der Waals surface area (Å²) in [7, 11) is 0. The van der Waals surface area contributed by atoms with Crippen molar-refractivity contribution in [3.8, 4) is 5.75 Å². The second-order valence-corrected chi connectivity index (χ2v) is 10.6. The van der Waals surface area contributed by atoms with Crippen LogP contribution in [0.1, 0.15) is 74.3 Å². The molecule has 4 heteroatoms. The molecule has 0 saturated carbocycles. The van der Waals surface area contributed by atoms with Gasteiger partial charge in [0.1, 0.15) is 11.9 Å². The van der Waals surface area contributed by atoms with Crippen molar-refractivity contribution in [1.29, 1.82) is 0 Å². The molecule has 4 nitrogen and oxygen atoms in total. The molecule has 3 aromatic carbocycles. The number of carbonyl (C=O) groups is 1. The Morgan fingerprint density at radius 1 is 1.00 bits per heavy atom. The minimum atomic E-state index is -0.0226. The van der Waals surface area contributed by atoms with Gasteiger partial charge in [-0.25, -0.2) is 0 Å². The molecule has 1 aliphatic heterocycles. The van der Waals surface area contributed by atoms with E-state index in [4.69, 9.17) is 4.74 Å². The van der Waals surface area contributed by atoms with Crippen molar-refractivity contribution in [2.24, 2.45) is 5.92 Å². The first-order chi connectivity index (χ1) is 17.9. The number of likely N-dealkylation sites (tertiary alicyclic amines) is 1.